The largest absolute Gasteiger partial charge is 0.357 e. The van der Waals surface area contributed by atoms with Gasteiger partial charge in [-0.1, -0.05) is 55.2 Å². The number of carbonyl (C=O) groups is 1. The molecule has 0 atom stereocenters. The lowest BCUT2D eigenvalue weighted by Crippen LogP contribution is -2.35. The second kappa shape index (κ2) is 6.33. The SMILES string of the molecule is CC1(C)CC(=O)C2=C(C1)Nc1ccccc1CN2c1ccc(Cl)cc1Cl. The van der Waals surface area contributed by atoms with Crippen molar-refractivity contribution in [3.63, 3.8) is 0 Å². The summed E-state index contributed by atoms with van der Waals surface area (Å²) in [6, 6.07) is 13.6. The lowest BCUT2D eigenvalue weighted by Gasteiger charge is -2.36. The van der Waals surface area contributed by atoms with Gasteiger partial charge in [-0.25, -0.2) is 0 Å². The zero-order valence-corrected chi connectivity index (χ0v) is 16.3. The Kier molecular flexibility index (Phi) is 4.25. The number of rotatable bonds is 1. The predicted molar refractivity (Wildman–Crippen MR) is 108 cm³/mol. The van der Waals surface area contributed by atoms with Crippen LogP contribution in [0.25, 0.3) is 0 Å². The van der Waals surface area contributed by atoms with Crippen LogP contribution in [-0.4, -0.2) is 5.78 Å². The Morgan fingerprint density at radius 3 is 2.62 bits per heavy atom. The van der Waals surface area contributed by atoms with Gasteiger partial charge in [0.25, 0.3) is 0 Å². The van der Waals surface area contributed by atoms with Crippen molar-refractivity contribution >= 4 is 40.4 Å². The molecule has 0 radical (unpaired) electrons. The molecular weight excluding hydrogens is 367 g/mol. The number of allylic oxidation sites excluding steroid dienone is 2. The molecule has 1 aliphatic carbocycles. The number of ketones is 1. The first-order valence-corrected chi connectivity index (χ1v) is 9.43. The fourth-order valence-electron chi connectivity index (χ4n) is 3.83. The van der Waals surface area contributed by atoms with Gasteiger partial charge in [0, 0.05) is 22.8 Å². The van der Waals surface area contributed by atoms with Crippen LogP contribution in [0.15, 0.2) is 53.9 Å². The number of hydrogen-bond donors (Lipinski definition) is 1. The summed E-state index contributed by atoms with van der Waals surface area (Å²) in [5.41, 5.74) is 4.57. The summed E-state index contributed by atoms with van der Waals surface area (Å²) in [6.07, 6.45) is 1.33. The Balaban J connectivity index is 1.91. The van der Waals surface area contributed by atoms with Crippen molar-refractivity contribution < 1.29 is 4.79 Å². The lowest BCUT2D eigenvalue weighted by molar-refractivity contribution is -0.118. The Morgan fingerprint density at radius 2 is 1.85 bits per heavy atom. The number of benzene rings is 2. The molecule has 1 aliphatic heterocycles. The second-order valence-corrected chi connectivity index (χ2v) is 8.58. The smallest absolute Gasteiger partial charge is 0.181 e. The van der Waals surface area contributed by atoms with E-state index in [1.54, 1.807) is 6.07 Å². The van der Waals surface area contributed by atoms with Crippen LogP contribution in [-0.2, 0) is 11.3 Å². The molecule has 0 bridgehead atoms. The first-order valence-electron chi connectivity index (χ1n) is 8.68. The number of halogens is 2. The maximum Gasteiger partial charge on any atom is 0.181 e. The number of nitrogens with one attached hydrogen (secondary N) is 1. The minimum atomic E-state index is -0.0718. The predicted octanol–water partition coefficient (Wildman–Crippen LogP) is 6.03. The van der Waals surface area contributed by atoms with Gasteiger partial charge in [0.2, 0.25) is 0 Å². The molecule has 134 valence electrons. The monoisotopic (exact) mass is 386 g/mol. The third kappa shape index (κ3) is 3.10. The highest BCUT2D eigenvalue weighted by Gasteiger charge is 2.38. The molecule has 0 aromatic heterocycles. The van der Waals surface area contributed by atoms with Crippen molar-refractivity contribution in [3.8, 4) is 0 Å². The van der Waals surface area contributed by atoms with Crippen LogP contribution >= 0.6 is 23.2 Å². The van der Waals surface area contributed by atoms with E-state index in [0.717, 1.165) is 29.1 Å². The maximum atomic E-state index is 13.1. The minimum absolute atomic E-state index is 0.0718. The van der Waals surface area contributed by atoms with E-state index in [9.17, 15) is 4.79 Å². The summed E-state index contributed by atoms with van der Waals surface area (Å²) in [7, 11) is 0. The molecule has 0 amide bonds. The summed E-state index contributed by atoms with van der Waals surface area (Å²) < 4.78 is 0. The summed E-state index contributed by atoms with van der Waals surface area (Å²) in [6.45, 7) is 4.84. The van der Waals surface area contributed by atoms with Crippen LogP contribution in [0.3, 0.4) is 0 Å². The maximum absolute atomic E-state index is 13.1. The van der Waals surface area contributed by atoms with E-state index in [4.69, 9.17) is 23.2 Å². The fraction of sp³-hybridized carbons (Fsp3) is 0.286. The molecule has 2 aromatic rings. The molecule has 26 heavy (non-hydrogen) atoms. The van der Waals surface area contributed by atoms with E-state index in [1.165, 1.54) is 0 Å². The van der Waals surface area contributed by atoms with Gasteiger partial charge in [-0.3, -0.25) is 4.79 Å². The number of Topliss-reactive ketones (excluding diaryl/α,β-unsaturated/α-hetero) is 1. The van der Waals surface area contributed by atoms with E-state index in [-0.39, 0.29) is 11.2 Å². The van der Waals surface area contributed by atoms with E-state index in [1.807, 2.05) is 29.2 Å². The number of fused-ring (bicyclic) bond motifs is 1. The third-order valence-corrected chi connectivity index (χ3v) is 5.48. The first-order chi connectivity index (χ1) is 12.3. The molecule has 1 N–H and O–H groups in total. The number of carbonyl (C=O) groups excluding carboxylic acids is 1. The van der Waals surface area contributed by atoms with E-state index in [0.29, 0.717) is 28.7 Å². The van der Waals surface area contributed by atoms with Gasteiger partial charge in [-0.05, 0) is 41.7 Å². The minimum Gasteiger partial charge on any atom is -0.357 e. The zero-order chi connectivity index (χ0) is 18.5. The van der Waals surface area contributed by atoms with E-state index in [2.05, 4.69) is 31.3 Å². The molecule has 0 saturated heterocycles. The average Bonchev–Trinajstić information content (AvgIpc) is 2.69. The van der Waals surface area contributed by atoms with Crippen molar-refractivity contribution in [3.05, 3.63) is 69.5 Å². The van der Waals surface area contributed by atoms with Gasteiger partial charge < -0.3 is 10.2 Å². The van der Waals surface area contributed by atoms with Crippen LogP contribution in [0.4, 0.5) is 11.4 Å². The summed E-state index contributed by atoms with van der Waals surface area (Å²) in [4.78, 5) is 15.1. The summed E-state index contributed by atoms with van der Waals surface area (Å²) in [5.74, 6) is 0.141. The number of nitrogens with zero attached hydrogens (tertiary/aromatic N) is 1. The topological polar surface area (TPSA) is 32.3 Å². The Labute approximate surface area is 163 Å². The van der Waals surface area contributed by atoms with Gasteiger partial charge in [0.1, 0.15) is 5.70 Å². The highest BCUT2D eigenvalue weighted by molar-refractivity contribution is 6.36. The van der Waals surface area contributed by atoms with Gasteiger partial charge in [-0.2, -0.15) is 0 Å². The number of para-hydroxylation sites is 1. The van der Waals surface area contributed by atoms with Crippen LogP contribution < -0.4 is 10.2 Å². The average molecular weight is 387 g/mol. The highest BCUT2D eigenvalue weighted by Crippen LogP contribution is 2.43. The van der Waals surface area contributed by atoms with Crippen molar-refractivity contribution in [2.24, 2.45) is 5.41 Å². The number of anilines is 2. The molecule has 0 unspecified atom stereocenters. The Hall–Kier alpha value is -1.97. The van der Waals surface area contributed by atoms with Crippen molar-refractivity contribution in [1.82, 2.24) is 0 Å². The first kappa shape index (κ1) is 17.4. The lowest BCUT2D eigenvalue weighted by atomic mass is 9.77. The molecule has 2 aliphatic rings. The molecule has 1 heterocycles. The Bertz CT molecular complexity index is 933. The highest BCUT2D eigenvalue weighted by atomic mass is 35.5. The van der Waals surface area contributed by atoms with Crippen LogP contribution in [0.2, 0.25) is 10.0 Å². The van der Waals surface area contributed by atoms with E-state index >= 15 is 0 Å². The molecular formula is C21H20Cl2N2O. The molecule has 5 heteroatoms. The molecule has 0 fully saturated rings. The van der Waals surface area contributed by atoms with Crippen LogP contribution in [0.5, 0.6) is 0 Å². The van der Waals surface area contributed by atoms with Gasteiger partial charge >= 0.3 is 0 Å². The van der Waals surface area contributed by atoms with E-state index < -0.39 is 0 Å². The summed E-state index contributed by atoms with van der Waals surface area (Å²) >= 11 is 12.6. The van der Waals surface area contributed by atoms with Crippen molar-refractivity contribution in [2.75, 3.05) is 10.2 Å². The summed E-state index contributed by atoms with van der Waals surface area (Å²) in [5, 5.41) is 4.65. The standard InChI is InChI=1S/C21H20Cl2N2O/c1-21(2)10-17-20(19(26)11-21)25(18-8-7-14(22)9-15(18)23)12-13-5-3-4-6-16(13)24-17/h3-9,24H,10-12H2,1-2H3. The fourth-order valence-corrected chi connectivity index (χ4v) is 4.34. The van der Waals surface area contributed by atoms with Gasteiger partial charge in [-0.15, -0.1) is 0 Å². The number of hydrogen-bond acceptors (Lipinski definition) is 3. The molecule has 0 spiro atoms. The molecule has 0 saturated carbocycles. The van der Waals surface area contributed by atoms with Gasteiger partial charge in [0.05, 0.1) is 17.3 Å². The molecule has 4 rings (SSSR count). The molecule has 3 nitrogen and oxygen atoms in total. The van der Waals surface area contributed by atoms with Crippen molar-refractivity contribution in [2.45, 2.75) is 33.2 Å². The van der Waals surface area contributed by atoms with Crippen molar-refractivity contribution in [1.29, 1.82) is 0 Å². The zero-order valence-electron chi connectivity index (χ0n) is 14.8. The Morgan fingerprint density at radius 1 is 1.08 bits per heavy atom. The molecule has 2 aromatic carbocycles. The third-order valence-electron chi connectivity index (χ3n) is 4.95. The van der Waals surface area contributed by atoms with Crippen LogP contribution in [0.1, 0.15) is 32.3 Å². The van der Waals surface area contributed by atoms with Crippen LogP contribution in [0, 0.1) is 5.41 Å². The normalized spacial score (nSPS) is 18.8. The second-order valence-electron chi connectivity index (χ2n) is 7.73. The van der Waals surface area contributed by atoms with Gasteiger partial charge in [0.15, 0.2) is 5.78 Å². The quantitative estimate of drug-likeness (QED) is 0.649.